The minimum absolute atomic E-state index is 0.129. The van der Waals surface area contributed by atoms with Crippen molar-refractivity contribution in [1.29, 1.82) is 0 Å². The number of benzene rings is 2. The molecule has 0 atom stereocenters. The summed E-state index contributed by atoms with van der Waals surface area (Å²) >= 11 is 6.30. The average molecular weight is 378 g/mol. The first-order chi connectivity index (χ1) is 12.3. The molecule has 0 radical (unpaired) electrons. The van der Waals surface area contributed by atoms with Gasteiger partial charge in [0.05, 0.1) is 11.6 Å². The van der Waals surface area contributed by atoms with Crippen molar-refractivity contribution in [3.63, 3.8) is 0 Å². The first-order valence-corrected chi connectivity index (χ1v) is 9.24. The summed E-state index contributed by atoms with van der Waals surface area (Å²) in [6.07, 6.45) is 0. The molecule has 4 nitrogen and oxygen atoms in total. The second kappa shape index (κ2) is 9.15. The van der Waals surface area contributed by atoms with E-state index < -0.39 is 0 Å². The van der Waals surface area contributed by atoms with Crippen LogP contribution in [0.2, 0.25) is 5.02 Å². The molecule has 0 heterocycles. The zero-order valence-corrected chi connectivity index (χ0v) is 16.7. The standard InChI is InChI=1S/C21H28ClNO3/c1-5-24-19-13-15(14-23)12-18(22)20(19)26-11-10-25-17-8-6-16(7-9-17)21(2,3)4/h6-9,12-13H,5,10-11,14,23H2,1-4H3. The zero-order chi connectivity index (χ0) is 19.2. The lowest BCUT2D eigenvalue weighted by molar-refractivity contribution is 0.208. The topological polar surface area (TPSA) is 53.7 Å². The van der Waals surface area contributed by atoms with Crippen LogP contribution in [0.25, 0.3) is 0 Å². The fraction of sp³-hybridized carbons (Fsp3) is 0.429. The molecule has 0 saturated heterocycles. The predicted octanol–water partition coefficient (Wildman–Crippen LogP) is 4.95. The Labute approximate surface area is 161 Å². The Morgan fingerprint density at radius 3 is 2.19 bits per heavy atom. The highest BCUT2D eigenvalue weighted by atomic mass is 35.5. The number of hydrogen-bond donors (Lipinski definition) is 1. The van der Waals surface area contributed by atoms with Crippen molar-refractivity contribution in [1.82, 2.24) is 0 Å². The van der Waals surface area contributed by atoms with Gasteiger partial charge in [0.1, 0.15) is 19.0 Å². The van der Waals surface area contributed by atoms with E-state index in [4.69, 9.17) is 31.5 Å². The maximum atomic E-state index is 6.30. The van der Waals surface area contributed by atoms with E-state index in [1.54, 1.807) is 6.07 Å². The van der Waals surface area contributed by atoms with Crippen LogP contribution in [0.1, 0.15) is 38.8 Å². The summed E-state index contributed by atoms with van der Waals surface area (Å²) in [6.45, 7) is 10.2. The number of hydrogen-bond acceptors (Lipinski definition) is 4. The molecule has 142 valence electrons. The summed E-state index contributed by atoms with van der Waals surface area (Å²) < 4.78 is 17.2. The second-order valence-corrected chi connectivity index (χ2v) is 7.42. The molecule has 2 aromatic rings. The highest BCUT2D eigenvalue weighted by molar-refractivity contribution is 6.32. The van der Waals surface area contributed by atoms with E-state index in [-0.39, 0.29) is 5.41 Å². The molecule has 0 aliphatic heterocycles. The lowest BCUT2D eigenvalue weighted by Gasteiger charge is -2.19. The van der Waals surface area contributed by atoms with Gasteiger partial charge in [-0.15, -0.1) is 0 Å². The lowest BCUT2D eigenvalue weighted by atomic mass is 9.87. The molecule has 0 aromatic heterocycles. The van der Waals surface area contributed by atoms with Gasteiger partial charge in [-0.1, -0.05) is 44.5 Å². The number of ether oxygens (including phenoxy) is 3. The number of halogens is 1. The predicted molar refractivity (Wildman–Crippen MR) is 107 cm³/mol. The normalized spacial score (nSPS) is 11.3. The number of rotatable bonds is 8. The van der Waals surface area contributed by atoms with Gasteiger partial charge in [0.25, 0.3) is 0 Å². The van der Waals surface area contributed by atoms with E-state index in [0.717, 1.165) is 11.3 Å². The molecule has 5 heteroatoms. The maximum absolute atomic E-state index is 6.30. The van der Waals surface area contributed by atoms with Gasteiger partial charge in [-0.05, 0) is 47.7 Å². The Bertz CT molecular complexity index is 708. The van der Waals surface area contributed by atoms with Crippen LogP contribution in [0, 0.1) is 0 Å². The van der Waals surface area contributed by atoms with Crippen LogP contribution in [0.5, 0.6) is 17.2 Å². The smallest absolute Gasteiger partial charge is 0.179 e. The largest absolute Gasteiger partial charge is 0.490 e. The summed E-state index contributed by atoms with van der Waals surface area (Å²) in [5.74, 6) is 1.95. The molecular weight excluding hydrogens is 350 g/mol. The van der Waals surface area contributed by atoms with Gasteiger partial charge in [-0.3, -0.25) is 0 Å². The van der Waals surface area contributed by atoms with Gasteiger partial charge in [0.2, 0.25) is 0 Å². The molecule has 2 rings (SSSR count). The minimum atomic E-state index is 0.129. The van der Waals surface area contributed by atoms with Crippen LogP contribution < -0.4 is 19.9 Å². The number of nitrogens with two attached hydrogens (primary N) is 1. The SMILES string of the molecule is CCOc1cc(CN)cc(Cl)c1OCCOc1ccc(C(C)(C)C)cc1. The molecule has 0 saturated carbocycles. The Morgan fingerprint density at radius 2 is 1.62 bits per heavy atom. The van der Waals surface area contributed by atoms with Gasteiger partial charge in [0.15, 0.2) is 11.5 Å². The zero-order valence-electron chi connectivity index (χ0n) is 16.0. The van der Waals surface area contributed by atoms with Crippen molar-refractivity contribution in [3.8, 4) is 17.2 Å². The minimum Gasteiger partial charge on any atom is -0.490 e. The van der Waals surface area contributed by atoms with E-state index in [1.807, 2.05) is 25.1 Å². The van der Waals surface area contributed by atoms with E-state index >= 15 is 0 Å². The van der Waals surface area contributed by atoms with Crippen molar-refractivity contribution < 1.29 is 14.2 Å². The van der Waals surface area contributed by atoms with Crippen molar-refractivity contribution in [2.45, 2.75) is 39.7 Å². The Hall–Kier alpha value is -1.91. The average Bonchev–Trinajstić information content (AvgIpc) is 2.60. The molecule has 0 spiro atoms. The highest BCUT2D eigenvalue weighted by Gasteiger charge is 2.14. The van der Waals surface area contributed by atoms with Crippen LogP contribution in [-0.2, 0) is 12.0 Å². The van der Waals surface area contributed by atoms with Crippen LogP contribution in [-0.4, -0.2) is 19.8 Å². The van der Waals surface area contributed by atoms with Gasteiger partial charge in [-0.2, -0.15) is 0 Å². The van der Waals surface area contributed by atoms with E-state index in [1.165, 1.54) is 5.56 Å². The van der Waals surface area contributed by atoms with Crippen molar-refractivity contribution in [2.24, 2.45) is 5.73 Å². The molecule has 0 aliphatic carbocycles. The van der Waals surface area contributed by atoms with Crippen LogP contribution in [0.4, 0.5) is 0 Å². The van der Waals surface area contributed by atoms with E-state index in [0.29, 0.717) is 42.9 Å². The summed E-state index contributed by atoms with van der Waals surface area (Å²) in [5, 5.41) is 0.492. The van der Waals surface area contributed by atoms with E-state index in [9.17, 15) is 0 Å². The Balaban J connectivity index is 1.93. The Morgan fingerprint density at radius 1 is 0.962 bits per heavy atom. The van der Waals surface area contributed by atoms with Crippen LogP contribution >= 0.6 is 11.6 Å². The quantitative estimate of drug-likeness (QED) is 0.661. The molecule has 2 aromatic carbocycles. The third kappa shape index (κ3) is 5.55. The molecule has 26 heavy (non-hydrogen) atoms. The molecule has 0 bridgehead atoms. The second-order valence-electron chi connectivity index (χ2n) is 7.01. The summed E-state index contributed by atoms with van der Waals surface area (Å²) in [4.78, 5) is 0. The summed E-state index contributed by atoms with van der Waals surface area (Å²) in [5.41, 5.74) is 7.99. The van der Waals surface area contributed by atoms with Gasteiger partial charge in [-0.25, -0.2) is 0 Å². The van der Waals surface area contributed by atoms with Crippen molar-refractivity contribution in [3.05, 3.63) is 52.5 Å². The third-order valence-corrected chi connectivity index (χ3v) is 4.20. The molecule has 0 aliphatic rings. The first-order valence-electron chi connectivity index (χ1n) is 8.86. The van der Waals surface area contributed by atoms with Gasteiger partial charge < -0.3 is 19.9 Å². The molecule has 0 amide bonds. The van der Waals surface area contributed by atoms with E-state index in [2.05, 4.69) is 32.9 Å². The highest BCUT2D eigenvalue weighted by Crippen LogP contribution is 2.36. The third-order valence-electron chi connectivity index (χ3n) is 3.92. The monoisotopic (exact) mass is 377 g/mol. The molecule has 0 unspecified atom stereocenters. The maximum Gasteiger partial charge on any atom is 0.179 e. The molecule has 2 N–H and O–H groups in total. The van der Waals surface area contributed by atoms with Crippen molar-refractivity contribution >= 4 is 11.6 Å². The van der Waals surface area contributed by atoms with Gasteiger partial charge in [0, 0.05) is 6.54 Å². The molecular formula is C21H28ClNO3. The fourth-order valence-electron chi connectivity index (χ4n) is 2.50. The molecule has 0 fully saturated rings. The fourth-order valence-corrected chi connectivity index (χ4v) is 2.78. The summed E-state index contributed by atoms with van der Waals surface area (Å²) in [7, 11) is 0. The van der Waals surface area contributed by atoms with Gasteiger partial charge >= 0.3 is 0 Å². The lowest BCUT2D eigenvalue weighted by Crippen LogP contribution is -2.12. The first kappa shape index (κ1) is 20.4. The Kier molecular flexibility index (Phi) is 7.18. The van der Waals surface area contributed by atoms with Crippen LogP contribution in [0.3, 0.4) is 0 Å². The van der Waals surface area contributed by atoms with Crippen LogP contribution in [0.15, 0.2) is 36.4 Å². The summed E-state index contributed by atoms with van der Waals surface area (Å²) in [6, 6.07) is 11.8. The van der Waals surface area contributed by atoms with Crippen molar-refractivity contribution in [2.75, 3.05) is 19.8 Å².